The van der Waals surface area contributed by atoms with Crippen LogP contribution in [0.4, 0.5) is 0 Å². The molecule has 2 heteroatoms. The van der Waals surface area contributed by atoms with Gasteiger partial charge in [0.2, 0.25) is 5.78 Å². The van der Waals surface area contributed by atoms with E-state index in [2.05, 4.69) is 43.9 Å². The third-order valence-corrected chi connectivity index (χ3v) is 4.43. The van der Waals surface area contributed by atoms with E-state index in [0.717, 1.165) is 12.0 Å². The predicted octanol–water partition coefficient (Wildman–Crippen LogP) is 3.80. The lowest BCUT2D eigenvalue weighted by Crippen LogP contribution is -2.23. The molecule has 0 fully saturated rings. The Bertz CT molecular complexity index is 752. The number of hydrogen-bond donors (Lipinski definition) is 1. The van der Waals surface area contributed by atoms with Gasteiger partial charge in [0.25, 0.3) is 0 Å². The highest BCUT2D eigenvalue weighted by atomic mass is 16.3. The molecule has 0 heterocycles. The number of Topliss-reactive ketones (excluding diaryl/α,β-unsaturated/α-hetero) is 1. The van der Waals surface area contributed by atoms with Crippen LogP contribution in [0.2, 0.25) is 0 Å². The summed E-state index contributed by atoms with van der Waals surface area (Å²) in [7, 11) is 0. The van der Waals surface area contributed by atoms with Crippen molar-refractivity contribution in [3.05, 3.63) is 58.4 Å². The number of allylic oxidation sites excluding steroid dienone is 4. The number of aliphatic hydroxyl groups excluding tert-OH is 1. The predicted molar refractivity (Wildman–Crippen MR) is 86.4 cm³/mol. The van der Waals surface area contributed by atoms with Crippen molar-refractivity contribution in [1.82, 2.24) is 0 Å². The summed E-state index contributed by atoms with van der Waals surface area (Å²) >= 11 is 0. The third kappa shape index (κ3) is 2.85. The molecule has 1 N–H and O–H groups in total. The molecule has 0 aliphatic heterocycles. The monoisotopic (exact) mass is 291 g/mol. The minimum atomic E-state index is -0.305. The molecule has 1 aromatic rings. The van der Waals surface area contributed by atoms with E-state index >= 15 is 0 Å². The Morgan fingerprint density at radius 1 is 1.27 bits per heavy atom. The quantitative estimate of drug-likeness (QED) is 0.738. The van der Waals surface area contributed by atoms with Gasteiger partial charge in [-0.2, -0.15) is 0 Å². The van der Waals surface area contributed by atoms with Crippen LogP contribution in [0.25, 0.3) is 0 Å². The SMILES string of the molecule is CC1(C)CCCc2ccc(C#CC3=[C]CC(=O)C(O)=C3)cc21. The first-order valence-corrected chi connectivity index (χ1v) is 7.66. The summed E-state index contributed by atoms with van der Waals surface area (Å²) in [4.78, 5) is 11.2. The van der Waals surface area contributed by atoms with Crippen LogP contribution in [0.5, 0.6) is 0 Å². The van der Waals surface area contributed by atoms with Crippen LogP contribution in [0.1, 0.15) is 49.8 Å². The highest BCUT2D eigenvalue weighted by molar-refractivity contribution is 5.95. The van der Waals surface area contributed by atoms with Crippen LogP contribution >= 0.6 is 0 Å². The third-order valence-electron chi connectivity index (χ3n) is 4.43. The Kier molecular flexibility index (Phi) is 3.66. The van der Waals surface area contributed by atoms with E-state index in [0.29, 0.717) is 5.57 Å². The second-order valence-corrected chi connectivity index (χ2v) is 6.58. The fraction of sp³-hybridized carbons (Fsp3) is 0.350. The lowest BCUT2D eigenvalue weighted by molar-refractivity contribution is -0.117. The molecule has 111 valence electrons. The van der Waals surface area contributed by atoms with E-state index in [1.54, 1.807) is 0 Å². The van der Waals surface area contributed by atoms with E-state index in [1.165, 1.54) is 30.0 Å². The van der Waals surface area contributed by atoms with E-state index in [-0.39, 0.29) is 23.4 Å². The fourth-order valence-corrected chi connectivity index (χ4v) is 3.11. The normalized spacial score (nSPS) is 19.5. The fourth-order valence-electron chi connectivity index (χ4n) is 3.11. The van der Waals surface area contributed by atoms with E-state index in [1.807, 2.05) is 6.07 Å². The number of carbonyl (C=O) groups excluding carboxylic acids is 1. The molecule has 3 rings (SSSR count). The zero-order valence-corrected chi connectivity index (χ0v) is 13.0. The van der Waals surface area contributed by atoms with Gasteiger partial charge >= 0.3 is 0 Å². The van der Waals surface area contributed by atoms with Crippen LogP contribution < -0.4 is 0 Å². The number of benzene rings is 1. The zero-order chi connectivity index (χ0) is 15.7. The summed E-state index contributed by atoms with van der Waals surface area (Å²) in [6.07, 6.45) is 7.98. The van der Waals surface area contributed by atoms with Gasteiger partial charge in [-0.3, -0.25) is 4.79 Å². The molecule has 0 saturated heterocycles. The highest BCUT2D eigenvalue weighted by Gasteiger charge is 2.27. The molecule has 0 spiro atoms. The number of carbonyl (C=O) groups is 1. The first kappa shape index (κ1) is 14.7. The standard InChI is InChI=1S/C20H19O2/c1-20(2)11-3-4-16-9-7-14(12-17(16)20)5-6-15-8-10-18(21)19(22)13-15/h7,9,12-13,22H,3-4,10-11H2,1-2H3. The number of aryl methyl sites for hydroxylation is 1. The Morgan fingerprint density at radius 2 is 2.09 bits per heavy atom. The molecule has 0 bridgehead atoms. The summed E-state index contributed by atoms with van der Waals surface area (Å²) in [6.45, 7) is 4.57. The van der Waals surface area contributed by atoms with Crippen LogP contribution in [0.15, 0.2) is 35.6 Å². The van der Waals surface area contributed by atoms with Gasteiger partial charge < -0.3 is 5.11 Å². The first-order chi connectivity index (χ1) is 10.5. The first-order valence-electron chi connectivity index (χ1n) is 7.66. The summed E-state index contributed by atoms with van der Waals surface area (Å²) < 4.78 is 0. The summed E-state index contributed by atoms with van der Waals surface area (Å²) in [5.74, 6) is 5.58. The Morgan fingerprint density at radius 3 is 2.86 bits per heavy atom. The number of fused-ring (bicyclic) bond motifs is 1. The van der Waals surface area contributed by atoms with Crippen molar-refractivity contribution < 1.29 is 9.90 Å². The molecule has 2 aliphatic carbocycles. The topological polar surface area (TPSA) is 37.3 Å². The van der Waals surface area contributed by atoms with E-state index in [4.69, 9.17) is 0 Å². The number of rotatable bonds is 0. The number of aliphatic hydroxyl groups is 1. The molecule has 0 saturated carbocycles. The minimum Gasteiger partial charge on any atom is -0.504 e. The average molecular weight is 291 g/mol. The maximum Gasteiger partial charge on any atom is 0.201 e. The van der Waals surface area contributed by atoms with Crippen LogP contribution in [-0.2, 0) is 16.6 Å². The molecule has 0 amide bonds. The zero-order valence-electron chi connectivity index (χ0n) is 13.0. The van der Waals surface area contributed by atoms with E-state index < -0.39 is 0 Å². The van der Waals surface area contributed by atoms with Gasteiger partial charge in [0.05, 0.1) is 0 Å². The van der Waals surface area contributed by atoms with Crippen molar-refractivity contribution in [1.29, 1.82) is 0 Å². The van der Waals surface area contributed by atoms with Gasteiger partial charge in [-0.25, -0.2) is 0 Å². The largest absolute Gasteiger partial charge is 0.504 e. The van der Waals surface area contributed by atoms with Gasteiger partial charge in [-0.15, -0.1) is 0 Å². The van der Waals surface area contributed by atoms with Gasteiger partial charge in [-0.1, -0.05) is 31.8 Å². The molecule has 0 unspecified atom stereocenters. The van der Waals surface area contributed by atoms with E-state index in [9.17, 15) is 9.90 Å². The molecule has 1 aromatic carbocycles. The van der Waals surface area contributed by atoms with Crippen LogP contribution in [-0.4, -0.2) is 10.9 Å². The maximum absolute atomic E-state index is 11.2. The Balaban J connectivity index is 1.90. The average Bonchev–Trinajstić information content (AvgIpc) is 2.48. The minimum absolute atomic E-state index is 0.101. The van der Waals surface area contributed by atoms with Crippen molar-refractivity contribution in [2.75, 3.05) is 0 Å². The molecular weight excluding hydrogens is 272 g/mol. The highest BCUT2D eigenvalue weighted by Crippen LogP contribution is 2.36. The van der Waals surface area contributed by atoms with Crippen LogP contribution in [0, 0.1) is 17.9 Å². The number of ketones is 1. The molecule has 0 atom stereocenters. The van der Waals surface area contributed by atoms with Crippen molar-refractivity contribution in [3.63, 3.8) is 0 Å². The Labute approximate surface area is 131 Å². The summed E-state index contributed by atoms with van der Waals surface area (Å²) in [6, 6.07) is 6.40. The lowest BCUT2D eigenvalue weighted by atomic mass is 9.72. The van der Waals surface area contributed by atoms with Gasteiger partial charge in [0.1, 0.15) is 0 Å². The van der Waals surface area contributed by atoms with Gasteiger partial charge in [-0.05, 0) is 60.1 Å². The van der Waals surface area contributed by atoms with Crippen molar-refractivity contribution >= 4 is 5.78 Å². The molecule has 2 aliphatic rings. The molecule has 22 heavy (non-hydrogen) atoms. The Hall–Kier alpha value is -2.27. The van der Waals surface area contributed by atoms with Crippen molar-refractivity contribution in [2.24, 2.45) is 0 Å². The lowest BCUT2D eigenvalue weighted by Gasteiger charge is -2.32. The van der Waals surface area contributed by atoms with Crippen molar-refractivity contribution in [2.45, 2.75) is 44.9 Å². The second-order valence-electron chi connectivity index (χ2n) is 6.58. The molecular formula is C20H19O2. The maximum atomic E-state index is 11.2. The van der Waals surface area contributed by atoms with Crippen LogP contribution in [0.3, 0.4) is 0 Å². The summed E-state index contributed by atoms with van der Waals surface area (Å²) in [5.41, 5.74) is 4.56. The molecule has 2 nitrogen and oxygen atoms in total. The number of hydrogen-bond acceptors (Lipinski definition) is 2. The van der Waals surface area contributed by atoms with Gasteiger partial charge in [0, 0.05) is 17.6 Å². The smallest absolute Gasteiger partial charge is 0.201 e. The van der Waals surface area contributed by atoms with Gasteiger partial charge in [0.15, 0.2) is 5.76 Å². The molecule has 0 aromatic heterocycles. The molecule has 1 radical (unpaired) electrons. The second kappa shape index (κ2) is 5.50. The summed E-state index contributed by atoms with van der Waals surface area (Å²) in [5, 5.41) is 9.45. The van der Waals surface area contributed by atoms with Crippen molar-refractivity contribution in [3.8, 4) is 11.8 Å².